The first-order chi connectivity index (χ1) is 13.2. The van der Waals surface area contributed by atoms with Crippen LogP contribution < -0.4 is 10.1 Å². The average Bonchev–Trinajstić information content (AvgIpc) is 2.95. The number of carbonyl (C=O) groups is 2. The molecule has 0 aliphatic carbocycles. The van der Waals surface area contributed by atoms with E-state index in [1.54, 1.807) is 31.3 Å². The summed E-state index contributed by atoms with van der Waals surface area (Å²) in [4.78, 5) is 28.7. The molecule has 0 aliphatic heterocycles. The van der Waals surface area contributed by atoms with Gasteiger partial charge in [0.15, 0.2) is 22.9 Å². The van der Waals surface area contributed by atoms with Gasteiger partial charge in [-0.15, -0.1) is 0 Å². The molecule has 0 atom stereocenters. The average molecular weight is 390 g/mol. The second-order valence-corrected chi connectivity index (χ2v) is 6.54. The number of nitrogens with one attached hydrogen (secondary N) is 1. The van der Waals surface area contributed by atoms with Crippen LogP contribution in [-0.4, -0.2) is 84.8 Å². The zero-order chi connectivity index (χ0) is 21.0. The van der Waals surface area contributed by atoms with Crippen LogP contribution in [0.5, 0.6) is 17.2 Å². The number of rotatable bonds is 7. The third-order valence-electron chi connectivity index (χ3n) is 4.32. The van der Waals surface area contributed by atoms with Gasteiger partial charge < -0.3 is 30.1 Å². The van der Waals surface area contributed by atoms with Crippen molar-refractivity contribution < 1.29 is 24.5 Å². The highest BCUT2D eigenvalue weighted by atomic mass is 16.5. The van der Waals surface area contributed by atoms with Gasteiger partial charge in [0, 0.05) is 32.9 Å². The number of aromatic nitrogens is 1. The van der Waals surface area contributed by atoms with Crippen LogP contribution in [0, 0.1) is 0 Å². The fraction of sp³-hybridized carbons (Fsp3) is 0.368. The van der Waals surface area contributed by atoms with Gasteiger partial charge >= 0.3 is 0 Å². The van der Waals surface area contributed by atoms with Gasteiger partial charge in [0.25, 0.3) is 11.8 Å². The predicted octanol–water partition coefficient (Wildman–Crippen LogP) is 0.890. The van der Waals surface area contributed by atoms with Crippen molar-refractivity contribution in [3.8, 4) is 22.9 Å². The monoisotopic (exact) mass is 390 g/mol. The molecule has 0 aliphatic rings. The number of nitrogens with zero attached hydrogens (tertiary/aromatic N) is 3. The van der Waals surface area contributed by atoms with Gasteiger partial charge in [0.2, 0.25) is 0 Å². The summed E-state index contributed by atoms with van der Waals surface area (Å²) >= 11 is 0. The van der Waals surface area contributed by atoms with Crippen LogP contribution in [-0.2, 0) is 0 Å². The molecular formula is C19H26N4O5. The molecule has 2 amide bonds. The molecule has 0 saturated heterocycles. The van der Waals surface area contributed by atoms with Crippen molar-refractivity contribution in [2.75, 3.05) is 48.4 Å². The quantitative estimate of drug-likeness (QED) is 0.648. The summed E-state index contributed by atoms with van der Waals surface area (Å²) in [5, 5.41) is 23.3. The molecule has 0 spiro atoms. The summed E-state index contributed by atoms with van der Waals surface area (Å²) in [5.74, 6) is -1.88. The standard InChI is InChI=1S/C19H26N4O5/c1-20-18(26)14-16(24)17(25)15(19(27)22(4)11-10-21(2)3)23(14)12-6-8-13(28-5)9-7-12/h6-9,24-25H,10-11H2,1-5H3,(H,20,26). The maximum absolute atomic E-state index is 13.0. The van der Waals surface area contributed by atoms with E-state index in [1.165, 1.54) is 23.6 Å². The number of hydrogen-bond acceptors (Lipinski definition) is 6. The smallest absolute Gasteiger partial charge is 0.274 e. The third kappa shape index (κ3) is 4.04. The lowest BCUT2D eigenvalue weighted by atomic mass is 10.2. The summed E-state index contributed by atoms with van der Waals surface area (Å²) < 4.78 is 6.38. The third-order valence-corrected chi connectivity index (χ3v) is 4.32. The first-order valence-corrected chi connectivity index (χ1v) is 8.66. The van der Waals surface area contributed by atoms with Crippen LogP contribution in [0.4, 0.5) is 0 Å². The zero-order valence-electron chi connectivity index (χ0n) is 16.7. The van der Waals surface area contributed by atoms with E-state index >= 15 is 0 Å². The molecule has 2 aromatic rings. The number of amides is 2. The Hall–Kier alpha value is -3.20. The molecule has 0 saturated carbocycles. The minimum absolute atomic E-state index is 0.192. The molecule has 0 bridgehead atoms. The number of benzene rings is 1. The van der Waals surface area contributed by atoms with E-state index in [-0.39, 0.29) is 11.4 Å². The Labute approximate surface area is 163 Å². The molecule has 0 unspecified atom stereocenters. The first kappa shape index (κ1) is 21.1. The van der Waals surface area contributed by atoms with Gasteiger partial charge in [-0.2, -0.15) is 0 Å². The van der Waals surface area contributed by atoms with Crippen molar-refractivity contribution in [3.63, 3.8) is 0 Å². The van der Waals surface area contributed by atoms with E-state index in [2.05, 4.69) is 5.32 Å². The Morgan fingerprint density at radius 2 is 1.61 bits per heavy atom. The molecule has 28 heavy (non-hydrogen) atoms. The van der Waals surface area contributed by atoms with Crippen LogP contribution in [0.2, 0.25) is 0 Å². The topological polar surface area (TPSA) is 107 Å². The van der Waals surface area contributed by atoms with Gasteiger partial charge in [-0.1, -0.05) is 0 Å². The number of hydrogen-bond donors (Lipinski definition) is 3. The molecule has 152 valence electrons. The second-order valence-electron chi connectivity index (χ2n) is 6.54. The van der Waals surface area contributed by atoms with Crippen molar-refractivity contribution in [1.82, 2.24) is 19.7 Å². The van der Waals surface area contributed by atoms with Crippen LogP contribution in [0.15, 0.2) is 24.3 Å². The van der Waals surface area contributed by atoms with E-state index < -0.39 is 23.3 Å². The Kier molecular flexibility index (Phi) is 6.53. The number of ether oxygens (including phenoxy) is 1. The van der Waals surface area contributed by atoms with Crippen LogP contribution in [0.3, 0.4) is 0 Å². The molecule has 1 heterocycles. The summed E-state index contributed by atoms with van der Waals surface area (Å²) in [7, 11) is 8.27. The predicted molar refractivity (Wildman–Crippen MR) is 105 cm³/mol. The normalized spacial score (nSPS) is 10.8. The molecular weight excluding hydrogens is 364 g/mol. The largest absolute Gasteiger partial charge is 0.503 e. The maximum Gasteiger partial charge on any atom is 0.274 e. The first-order valence-electron chi connectivity index (χ1n) is 8.66. The summed E-state index contributed by atoms with van der Waals surface area (Å²) in [6, 6.07) is 6.56. The number of carbonyl (C=O) groups excluding carboxylic acids is 2. The SMILES string of the molecule is CNC(=O)c1c(O)c(O)c(C(=O)N(C)CCN(C)C)n1-c1ccc(OC)cc1. The minimum atomic E-state index is -0.653. The number of methoxy groups -OCH3 is 1. The van der Waals surface area contributed by atoms with Gasteiger partial charge in [0.1, 0.15) is 5.75 Å². The van der Waals surface area contributed by atoms with Crippen molar-refractivity contribution in [2.45, 2.75) is 0 Å². The molecule has 1 aromatic heterocycles. The van der Waals surface area contributed by atoms with E-state index in [9.17, 15) is 19.8 Å². The highest BCUT2D eigenvalue weighted by Gasteiger charge is 2.32. The van der Waals surface area contributed by atoms with Crippen molar-refractivity contribution >= 4 is 11.8 Å². The molecule has 0 fully saturated rings. The number of aromatic hydroxyl groups is 2. The van der Waals surface area contributed by atoms with E-state index in [1.807, 2.05) is 19.0 Å². The summed E-state index contributed by atoms with van der Waals surface area (Å²) in [5.41, 5.74) is -0.00333. The molecule has 2 rings (SSSR count). The van der Waals surface area contributed by atoms with Gasteiger partial charge in [-0.3, -0.25) is 14.2 Å². The molecule has 9 nitrogen and oxygen atoms in total. The molecule has 9 heteroatoms. The molecule has 3 N–H and O–H groups in total. The fourth-order valence-electron chi connectivity index (χ4n) is 2.69. The van der Waals surface area contributed by atoms with Crippen LogP contribution in [0.1, 0.15) is 21.0 Å². The van der Waals surface area contributed by atoms with E-state index in [0.717, 1.165) is 0 Å². The van der Waals surface area contributed by atoms with Crippen molar-refractivity contribution in [1.29, 1.82) is 0 Å². The summed E-state index contributed by atoms with van der Waals surface area (Å²) in [6.07, 6.45) is 0. The highest BCUT2D eigenvalue weighted by Crippen LogP contribution is 2.39. The Bertz CT molecular complexity index is 858. The lowest BCUT2D eigenvalue weighted by Crippen LogP contribution is -2.35. The van der Waals surface area contributed by atoms with Crippen molar-refractivity contribution in [3.05, 3.63) is 35.7 Å². The summed E-state index contributed by atoms with van der Waals surface area (Å²) in [6.45, 7) is 1.01. The van der Waals surface area contributed by atoms with Crippen LogP contribution in [0.25, 0.3) is 5.69 Å². The fourth-order valence-corrected chi connectivity index (χ4v) is 2.69. The van der Waals surface area contributed by atoms with Gasteiger partial charge in [0.05, 0.1) is 7.11 Å². The lowest BCUT2D eigenvalue weighted by molar-refractivity contribution is 0.0775. The van der Waals surface area contributed by atoms with Crippen molar-refractivity contribution in [2.24, 2.45) is 0 Å². The minimum Gasteiger partial charge on any atom is -0.503 e. The lowest BCUT2D eigenvalue weighted by Gasteiger charge is -2.21. The van der Waals surface area contributed by atoms with Gasteiger partial charge in [-0.25, -0.2) is 0 Å². The van der Waals surface area contributed by atoms with E-state index in [0.29, 0.717) is 24.5 Å². The Morgan fingerprint density at radius 1 is 1.04 bits per heavy atom. The molecule has 0 radical (unpaired) electrons. The zero-order valence-corrected chi connectivity index (χ0v) is 16.7. The highest BCUT2D eigenvalue weighted by molar-refractivity contribution is 6.04. The Balaban J connectivity index is 2.63. The van der Waals surface area contributed by atoms with E-state index in [4.69, 9.17) is 4.74 Å². The second kappa shape index (κ2) is 8.66. The Morgan fingerprint density at radius 3 is 2.11 bits per heavy atom. The number of likely N-dealkylation sites (N-methyl/N-ethyl adjacent to an activating group) is 2. The maximum atomic E-state index is 13.0. The van der Waals surface area contributed by atoms with Gasteiger partial charge in [-0.05, 0) is 38.4 Å². The van der Waals surface area contributed by atoms with Crippen LogP contribution >= 0.6 is 0 Å². The molecule has 1 aromatic carbocycles.